The summed E-state index contributed by atoms with van der Waals surface area (Å²) in [7, 11) is 0. The highest BCUT2D eigenvalue weighted by Gasteiger charge is 2.42. The zero-order valence-electron chi connectivity index (χ0n) is 49.4. The fourth-order valence-electron chi connectivity index (χ4n) is 16.5. The SMILES string of the molecule is CCn1c(-c2cccc(-c3cc4c(c5ccccc35)C(C)(C)c3c-4c4ccccc4c4ccc(Cn5c(-c6cccc(-c7cc8c(c9ccccc79)C(C)(C)c7c-8c8ccccc8c8ccccc78)c6)nc6ccccc65)cc34)c2)nc2ccccc21. The molecule has 16 aromatic rings. The topological polar surface area (TPSA) is 35.6 Å². The first-order valence-corrected chi connectivity index (χ1v) is 30.8. The van der Waals surface area contributed by atoms with Gasteiger partial charge in [-0.2, -0.15) is 0 Å². The van der Waals surface area contributed by atoms with E-state index in [2.05, 4.69) is 292 Å². The van der Waals surface area contributed by atoms with Crippen LogP contribution in [0.5, 0.6) is 0 Å². The van der Waals surface area contributed by atoms with Crippen molar-refractivity contribution in [2.75, 3.05) is 0 Å². The van der Waals surface area contributed by atoms with E-state index in [1.807, 2.05) is 0 Å². The first-order chi connectivity index (χ1) is 42.6. The minimum Gasteiger partial charge on any atom is -0.324 e. The molecule has 14 aromatic carbocycles. The van der Waals surface area contributed by atoms with Gasteiger partial charge in [-0.1, -0.05) is 222 Å². The van der Waals surface area contributed by atoms with Gasteiger partial charge in [-0.15, -0.1) is 0 Å². The van der Waals surface area contributed by atoms with Crippen molar-refractivity contribution in [3.05, 3.63) is 277 Å². The van der Waals surface area contributed by atoms with Crippen molar-refractivity contribution in [2.24, 2.45) is 0 Å². The van der Waals surface area contributed by atoms with Crippen LogP contribution in [0.4, 0.5) is 0 Å². The quantitative estimate of drug-likeness (QED) is 0.149. The van der Waals surface area contributed by atoms with E-state index < -0.39 is 0 Å². The lowest BCUT2D eigenvalue weighted by Crippen LogP contribution is -2.16. The van der Waals surface area contributed by atoms with Gasteiger partial charge in [0.2, 0.25) is 0 Å². The van der Waals surface area contributed by atoms with E-state index in [-0.39, 0.29) is 10.8 Å². The molecule has 2 aliphatic rings. The summed E-state index contributed by atoms with van der Waals surface area (Å²) in [5.41, 5.74) is 22.9. The lowest BCUT2D eigenvalue weighted by molar-refractivity contribution is 0.672. The number of aryl methyl sites for hydroxylation is 1. The molecule has 0 radical (unpaired) electrons. The third kappa shape index (κ3) is 7.01. The van der Waals surface area contributed by atoms with Crippen LogP contribution in [0.15, 0.2) is 249 Å². The Morgan fingerprint density at radius 3 is 1.18 bits per heavy atom. The Morgan fingerprint density at radius 1 is 0.299 bits per heavy atom. The van der Waals surface area contributed by atoms with Crippen LogP contribution in [0, 0.1) is 0 Å². The molecular formula is C83H60N4. The van der Waals surface area contributed by atoms with E-state index in [1.54, 1.807) is 0 Å². The average Bonchev–Trinajstić information content (AvgIpc) is 1.58. The standard InChI is InChI=1S/C83H60N4/c1-6-86-72-39-19-17-37-70(72)84-80(86)52-25-21-23-50(44-52)66-47-69-75-61-33-13-8-28-55(61)59-42-41-49(43-67(59)79(75)83(4,5)77(69)63-35-15-11-31-58(63)66)48-87-73-40-20-18-38-71(73)85-81(87)53-26-22-24-51(45-53)65-46-68-74-60-32-12-7-27-54(60)56-29-9-16-36-64(56)78(74)82(2,3)76(68)62-34-14-10-30-57(62)65/h7-47H,6,48H2,1-5H3. The van der Waals surface area contributed by atoms with Crippen molar-refractivity contribution < 1.29 is 0 Å². The Bertz CT molecular complexity index is 5670. The third-order valence-corrected chi connectivity index (χ3v) is 20.0. The summed E-state index contributed by atoms with van der Waals surface area (Å²) in [6, 6.07) is 93.1. The largest absolute Gasteiger partial charge is 0.324 e. The predicted molar refractivity (Wildman–Crippen MR) is 366 cm³/mol. The smallest absolute Gasteiger partial charge is 0.141 e. The number of fused-ring (bicyclic) bond motifs is 22. The van der Waals surface area contributed by atoms with Crippen LogP contribution in [0.25, 0.3) is 154 Å². The second-order valence-corrected chi connectivity index (χ2v) is 25.4. The molecule has 0 bridgehead atoms. The van der Waals surface area contributed by atoms with Crippen LogP contribution in [0.2, 0.25) is 0 Å². The summed E-state index contributed by atoms with van der Waals surface area (Å²) in [5.74, 6) is 1.96. The molecule has 4 nitrogen and oxygen atoms in total. The zero-order valence-corrected chi connectivity index (χ0v) is 49.4. The van der Waals surface area contributed by atoms with Gasteiger partial charge in [0.1, 0.15) is 11.6 Å². The summed E-state index contributed by atoms with van der Waals surface area (Å²) < 4.78 is 4.80. The maximum Gasteiger partial charge on any atom is 0.141 e. The van der Waals surface area contributed by atoms with Crippen LogP contribution < -0.4 is 0 Å². The molecule has 0 atom stereocenters. The number of rotatable bonds is 7. The Balaban J connectivity index is 0.790. The van der Waals surface area contributed by atoms with Crippen LogP contribution in [-0.4, -0.2) is 19.1 Å². The molecule has 2 aromatic heterocycles. The van der Waals surface area contributed by atoms with Crippen molar-refractivity contribution in [1.82, 2.24) is 19.1 Å². The first-order valence-electron chi connectivity index (χ1n) is 30.8. The number of hydrogen-bond acceptors (Lipinski definition) is 2. The predicted octanol–water partition coefficient (Wildman–Crippen LogP) is 21.7. The summed E-state index contributed by atoms with van der Waals surface area (Å²) in [6.45, 7) is 13.5. The number of hydrogen-bond donors (Lipinski definition) is 0. The van der Waals surface area contributed by atoms with Gasteiger partial charge >= 0.3 is 0 Å². The summed E-state index contributed by atoms with van der Waals surface area (Å²) in [5, 5.41) is 15.5. The Hall–Kier alpha value is -10.4. The van der Waals surface area contributed by atoms with Crippen LogP contribution in [0.1, 0.15) is 62.4 Å². The van der Waals surface area contributed by atoms with Gasteiger partial charge in [0.05, 0.1) is 22.1 Å². The molecule has 0 N–H and O–H groups in total. The maximum absolute atomic E-state index is 5.52. The van der Waals surface area contributed by atoms with Gasteiger partial charge in [-0.3, -0.25) is 0 Å². The normalized spacial score (nSPS) is 13.9. The monoisotopic (exact) mass is 1110 g/mol. The number of nitrogens with zero attached hydrogens (tertiary/aromatic N) is 4. The second kappa shape index (κ2) is 18.3. The maximum atomic E-state index is 5.52. The number of benzene rings is 14. The minimum atomic E-state index is -0.328. The highest BCUT2D eigenvalue weighted by atomic mass is 15.1. The third-order valence-electron chi connectivity index (χ3n) is 20.0. The van der Waals surface area contributed by atoms with Crippen molar-refractivity contribution in [3.8, 4) is 67.3 Å². The molecule has 2 aliphatic carbocycles. The molecule has 2 heterocycles. The molecular weight excluding hydrogens is 1050 g/mol. The summed E-state index contributed by atoms with van der Waals surface area (Å²) in [6.07, 6.45) is 0. The van der Waals surface area contributed by atoms with Crippen LogP contribution in [0.3, 0.4) is 0 Å². The Labute approximate surface area is 505 Å². The summed E-state index contributed by atoms with van der Waals surface area (Å²) >= 11 is 0. The minimum absolute atomic E-state index is 0.225. The molecule has 0 unspecified atom stereocenters. The molecule has 0 saturated heterocycles. The number of imidazole rings is 2. The molecule has 87 heavy (non-hydrogen) atoms. The second-order valence-electron chi connectivity index (χ2n) is 25.4. The van der Waals surface area contributed by atoms with Crippen molar-refractivity contribution in [1.29, 1.82) is 0 Å². The van der Waals surface area contributed by atoms with E-state index in [4.69, 9.17) is 9.97 Å². The fourth-order valence-corrected chi connectivity index (χ4v) is 16.5. The molecule has 0 aliphatic heterocycles. The Morgan fingerprint density at radius 2 is 0.678 bits per heavy atom. The number of aromatic nitrogens is 4. The van der Waals surface area contributed by atoms with Gasteiger partial charge in [-0.25, -0.2) is 9.97 Å². The van der Waals surface area contributed by atoms with Crippen LogP contribution >= 0.6 is 0 Å². The van der Waals surface area contributed by atoms with Gasteiger partial charge in [0, 0.05) is 35.0 Å². The molecule has 0 fully saturated rings. The average molecular weight is 1110 g/mol. The van der Waals surface area contributed by atoms with Gasteiger partial charge in [0.25, 0.3) is 0 Å². The molecule has 412 valence electrons. The molecule has 0 saturated carbocycles. The van der Waals surface area contributed by atoms with E-state index in [9.17, 15) is 0 Å². The van der Waals surface area contributed by atoms with E-state index in [0.717, 1.165) is 51.4 Å². The molecule has 0 amide bonds. The summed E-state index contributed by atoms with van der Waals surface area (Å²) in [4.78, 5) is 10.7. The van der Waals surface area contributed by atoms with Crippen LogP contribution in [-0.2, 0) is 23.9 Å². The first kappa shape index (κ1) is 50.0. The molecule has 18 rings (SSSR count). The van der Waals surface area contributed by atoms with Gasteiger partial charge < -0.3 is 9.13 Å². The highest BCUT2D eigenvalue weighted by molar-refractivity contribution is 6.22. The van der Waals surface area contributed by atoms with Gasteiger partial charge in [0.15, 0.2) is 0 Å². The Kier molecular flexibility index (Phi) is 10.5. The zero-order chi connectivity index (χ0) is 58.0. The van der Waals surface area contributed by atoms with Crippen molar-refractivity contribution in [3.63, 3.8) is 0 Å². The van der Waals surface area contributed by atoms with E-state index in [0.29, 0.717) is 6.54 Å². The molecule has 0 spiro atoms. The van der Waals surface area contributed by atoms with Crippen molar-refractivity contribution in [2.45, 2.75) is 58.5 Å². The van der Waals surface area contributed by atoms with Crippen molar-refractivity contribution >= 4 is 86.7 Å². The van der Waals surface area contributed by atoms with E-state index in [1.165, 1.54) is 137 Å². The lowest BCUT2D eigenvalue weighted by atomic mass is 9.77. The fraction of sp³-hybridized carbons (Fsp3) is 0.108. The molecule has 4 heteroatoms. The highest BCUT2D eigenvalue weighted by Crippen LogP contribution is 2.60. The lowest BCUT2D eigenvalue weighted by Gasteiger charge is -2.26. The number of para-hydroxylation sites is 4. The van der Waals surface area contributed by atoms with Gasteiger partial charge in [-0.05, 0) is 198 Å². The van der Waals surface area contributed by atoms with E-state index >= 15 is 0 Å².